The normalized spacial score (nSPS) is 25.6. The second-order valence-electron chi connectivity index (χ2n) is 4.17. The second-order valence-corrected chi connectivity index (χ2v) is 4.17. The van der Waals surface area contributed by atoms with Crippen LogP contribution in [-0.2, 0) is 16.1 Å². The Bertz CT molecular complexity index is 338. The lowest BCUT2D eigenvalue weighted by atomic mass is 9.96. The van der Waals surface area contributed by atoms with Crippen LogP contribution in [0.4, 0.5) is 0 Å². The molecule has 0 spiro atoms. The summed E-state index contributed by atoms with van der Waals surface area (Å²) in [6.45, 7) is 1.22. The van der Waals surface area contributed by atoms with Crippen molar-refractivity contribution in [3.8, 4) is 0 Å². The molecule has 3 heteroatoms. The van der Waals surface area contributed by atoms with Gasteiger partial charge < -0.3 is 14.6 Å². The Balaban J connectivity index is 2.17. The molecule has 1 saturated heterocycles. The molecule has 2 rings (SSSR count). The summed E-state index contributed by atoms with van der Waals surface area (Å²) in [5.41, 5.74) is 2.28. The van der Waals surface area contributed by atoms with Crippen LogP contribution in [0.5, 0.6) is 0 Å². The van der Waals surface area contributed by atoms with Gasteiger partial charge in [0.25, 0.3) is 0 Å². The minimum Gasteiger partial charge on any atom is -0.393 e. The van der Waals surface area contributed by atoms with Crippen LogP contribution in [0.25, 0.3) is 0 Å². The van der Waals surface area contributed by atoms with Gasteiger partial charge in [-0.25, -0.2) is 0 Å². The molecule has 1 aliphatic rings. The third-order valence-electron chi connectivity index (χ3n) is 2.96. The molecule has 2 unspecified atom stereocenters. The van der Waals surface area contributed by atoms with E-state index in [0.29, 0.717) is 19.6 Å². The monoisotopic (exact) mass is 222 g/mol. The van der Waals surface area contributed by atoms with Gasteiger partial charge in [-0.2, -0.15) is 0 Å². The highest BCUT2D eigenvalue weighted by Gasteiger charge is 2.23. The Kier molecular flexibility index (Phi) is 3.93. The van der Waals surface area contributed by atoms with E-state index >= 15 is 0 Å². The Labute approximate surface area is 96.0 Å². The van der Waals surface area contributed by atoms with Gasteiger partial charge in [-0.1, -0.05) is 24.3 Å². The average molecular weight is 222 g/mol. The van der Waals surface area contributed by atoms with Gasteiger partial charge in [0.2, 0.25) is 0 Å². The van der Waals surface area contributed by atoms with Crippen molar-refractivity contribution in [3.05, 3.63) is 35.4 Å². The van der Waals surface area contributed by atoms with Crippen LogP contribution in [0.3, 0.4) is 0 Å². The predicted molar refractivity (Wildman–Crippen MR) is 61.1 cm³/mol. The number of methoxy groups -OCH3 is 1. The molecule has 1 aliphatic heterocycles. The molecule has 0 aromatic heterocycles. The first-order chi connectivity index (χ1) is 7.81. The second kappa shape index (κ2) is 5.43. The Hall–Kier alpha value is -0.900. The van der Waals surface area contributed by atoms with Crippen molar-refractivity contribution in [3.63, 3.8) is 0 Å². The summed E-state index contributed by atoms with van der Waals surface area (Å²) in [5, 5.41) is 9.65. The maximum Gasteiger partial charge on any atom is 0.0853 e. The number of hydrogen-bond donors (Lipinski definition) is 1. The Morgan fingerprint density at radius 1 is 1.44 bits per heavy atom. The van der Waals surface area contributed by atoms with Gasteiger partial charge in [0.1, 0.15) is 0 Å². The van der Waals surface area contributed by atoms with Gasteiger partial charge in [0, 0.05) is 20.1 Å². The van der Waals surface area contributed by atoms with E-state index in [4.69, 9.17) is 9.47 Å². The fourth-order valence-corrected chi connectivity index (χ4v) is 2.13. The molecule has 1 heterocycles. The number of hydrogen-bond acceptors (Lipinski definition) is 3. The van der Waals surface area contributed by atoms with Gasteiger partial charge in [0.15, 0.2) is 0 Å². The maximum atomic E-state index is 9.65. The molecule has 1 N–H and O–H groups in total. The van der Waals surface area contributed by atoms with Crippen LogP contribution >= 0.6 is 0 Å². The highest BCUT2D eigenvalue weighted by atomic mass is 16.5. The SMILES string of the molecule is COCc1ccccc1C1CC(O)CCO1. The molecule has 1 fully saturated rings. The van der Waals surface area contributed by atoms with Crippen molar-refractivity contribution in [1.82, 2.24) is 0 Å². The zero-order valence-electron chi connectivity index (χ0n) is 9.56. The van der Waals surface area contributed by atoms with E-state index in [1.807, 2.05) is 18.2 Å². The molecule has 3 nitrogen and oxygen atoms in total. The van der Waals surface area contributed by atoms with Crippen LogP contribution in [0.15, 0.2) is 24.3 Å². The number of ether oxygens (including phenoxy) is 2. The quantitative estimate of drug-likeness (QED) is 0.850. The lowest BCUT2D eigenvalue weighted by molar-refractivity contribution is -0.0455. The zero-order valence-corrected chi connectivity index (χ0v) is 9.56. The molecular formula is C13H18O3. The van der Waals surface area contributed by atoms with Crippen molar-refractivity contribution in [2.45, 2.75) is 31.7 Å². The van der Waals surface area contributed by atoms with Crippen molar-refractivity contribution in [1.29, 1.82) is 0 Å². The van der Waals surface area contributed by atoms with Crippen LogP contribution in [0.2, 0.25) is 0 Å². The molecule has 0 saturated carbocycles. The van der Waals surface area contributed by atoms with Gasteiger partial charge in [-0.15, -0.1) is 0 Å². The highest BCUT2D eigenvalue weighted by molar-refractivity contribution is 5.29. The Morgan fingerprint density at radius 3 is 3.00 bits per heavy atom. The molecule has 0 amide bonds. The average Bonchev–Trinajstić information content (AvgIpc) is 2.30. The van der Waals surface area contributed by atoms with E-state index < -0.39 is 0 Å². The first-order valence-electron chi connectivity index (χ1n) is 5.67. The van der Waals surface area contributed by atoms with E-state index in [1.54, 1.807) is 7.11 Å². The number of aliphatic hydroxyl groups is 1. The van der Waals surface area contributed by atoms with Crippen molar-refractivity contribution < 1.29 is 14.6 Å². The molecule has 16 heavy (non-hydrogen) atoms. The summed E-state index contributed by atoms with van der Waals surface area (Å²) in [4.78, 5) is 0. The Morgan fingerprint density at radius 2 is 2.25 bits per heavy atom. The predicted octanol–water partition coefficient (Wildman–Crippen LogP) is 2.05. The van der Waals surface area contributed by atoms with Crippen molar-refractivity contribution >= 4 is 0 Å². The van der Waals surface area contributed by atoms with E-state index in [9.17, 15) is 5.11 Å². The van der Waals surface area contributed by atoms with E-state index in [2.05, 4.69) is 6.07 Å². The van der Waals surface area contributed by atoms with Crippen molar-refractivity contribution in [2.24, 2.45) is 0 Å². The summed E-state index contributed by atoms with van der Waals surface area (Å²) in [5.74, 6) is 0. The lowest BCUT2D eigenvalue weighted by Gasteiger charge is -2.28. The van der Waals surface area contributed by atoms with Crippen LogP contribution in [0, 0.1) is 0 Å². The minimum absolute atomic E-state index is 0.00935. The third kappa shape index (κ3) is 2.61. The smallest absolute Gasteiger partial charge is 0.0853 e. The zero-order chi connectivity index (χ0) is 11.4. The van der Waals surface area contributed by atoms with Gasteiger partial charge >= 0.3 is 0 Å². The number of benzene rings is 1. The topological polar surface area (TPSA) is 38.7 Å². The van der Waals surface area contributed by atoms with Crippen LogP contribution in [-0.4, -0.2) is 24.9 Å². The summed E-state index contributed by atoms with van der Waals surface area (Å²) < 4.78 is 10.9. The van der Waals surface area contributed by atoms with Crippen LogP contribution in [0.1, 0.15) is 30.1 Å². The molecule has 0 radical (unpaired) electrons. The summed E-state index contributed by atoms with van der Waals surface area (Å²) in [6.07, 6.45) is 1.19. The van der Waals surface area contributed by atoms with E-state index in [-0.39, 0.29) is 12.2 Å². The third-order valence-corrected chi connectivity index (χ3v) is 2.96. The lowest BCUT2D eigenvalue weighted by Crippen LogP contribution is -2.24. The fraction of sp³-hybridized carbons (Fsp3) is 0.538. The molecule has 88 valence electrons. The first kappa shape index (κ1) is 11.6. The fourth-order valence-electron chi connectivity index (χ4n) is 2.13. The van der Waals surface area contributed by atoms with Gasteiger partial charge in [0.05, 0.1) is 18.8 Å². The summed E-state index contributed by atoms with van der Waals surface area (Å²) in [6, 6.07) is 8.09. The molecule has 0 bridgehead atoms. The molecular weight excluding hydrogens is 204 g/mol. The minimum atomic E-state index is -0.241. The van der Waals surface area contributed by atoms with E-state index in [0.717, 1.165) is 17.5 Å². The van der Waals surface area contributed by atoms with Crippen molar-refractivity contribution in [2.75, 3.05) is 13.7 Å². The molecule has 1 aromatic carbocycles. The maximum absolute atomic E-state index is 9.65. The summed E-state index contributed by atoms with van der Waals surface area (Å²) >= 11 is 0. The standard InChI is InChI=1S/C13H18O3/c1-15-9-10-4-2-3-5-12(10)13-8-11(14)6-7-16-13/h2-5,11,13-14H,6-9H2,1H3. The molecule has 1 aromatic rings. The van der Waals surface area contributed by atoms with Crippen LogP contribution < -0.4 is 0 Å². The van der Waals surface area contributed by atoms with E-state index in [1.165, 1.54) is 0 Å². The molecule has 0 aliphatic carbocycles. The molecule has 2 atom stereocenters. The number of rotatable bonds is 3. The largest absolute Gasteiger partial charge is 0.393 e. The van der Waals surface area contributed by atoms with Gasteiger partial charge in [-0.05, 0) is 17.5 Å². The number of aliphatic hydroxyl groups excluding tert-OH is 1. The first-order valence-corrected chi connectivity index (χ1v) is 5.67. The van der Waals surface area contributed by atoms with Gasteiger partial charge in [-0.3, -0.25) is 0 Å². The summed E-state index contributed by atoms with van der Waals surface area (Å²) in [7, 11) is 1.69. The highest BCUT2D eigenvalue weighted by Crippen LogP contribution is 2.30.